The molecule has 0 spiro atoms. The molecule has 2 aliphatic rings. The number of nitrogens with zero attached hydrogens (tertiary/aromatic N) is 1. The minimum absolute atomic E-state index is 0.0602. The number of hydrogen-bond donors (Lipinski definition) is 1. The fraction of sp³-hybridized carbons (Fsp3) is 0.538. The van der Waals surface area contributed by atoms with Gasteiger partial charge in [0.2, 0.25) is 0 Å². The van der Waals surface area contributed by atoms with Gasteiger partial charge in [-0.05, 0) is 31.4 Å². The number of fused-ring (bicyclic) bond motifs is 2. The fourth-order valence-corrected chi connectivity index (χ4v) is 3.04. The fourth-order valence-electron chi connectivity index (χ4n) is 3.04. The molecule has 2 bridgehead atoms. The standard InChI is InChI=1S/C13H17NO/c15-13-7-6-12-8-10(13)9-14(12)11-4-2-1-3-5-11/h1-5,10,12-13,15H,6-9H2. The summed E-state index contributed by atoms with van der Waals surface area (Å²) in [5.41, 5.74) is 1.32. The van der Waals surface area contributed by atoms with Crippen molar-refractivity contribution in [1.29, 1.82) is 0 Å². The molecule has 1 saturated carbocycles. The zero-order valence-electron chi connectivity index (χ0n) is 8.84. The molecule has 3 unspecified atom stereocenters. The molecule has 80 valence electrons. The van der Waals surface area contributed by atoms with Crippen LogP contribution in [0.2, 0.25) is 0 Å². The Hall–Kier alpha value is -1.02. The molecule has 1 aliphatic carbocycles. The van der Waals surface area contributed by atoms with Crippen molar-refractivity contribution in [2.45, 2.75) is 31.4 Å². The third-order valence-electron chi connectivity index (χ3n) is 3.87. The van der Waals surface area contributed by atoms with E-state index in [-0.39, 0.29) is 6.10 Å². The van der Waals surface area contributed by atoms with E-state index in [1.54, 1.807) is 0 Å². The van der Waals surface area contributed by atoms with Gasteiger partial charge in [0.15, 0.2) is 0 Å². The van der Waals surface area contributed by atoms with E-state index >= 15 is 0 Å². The summed E-state index contributed by atoms with van der Waals surface area (Å²) in [6.07, 6.45) is 3.25. The van der Waals surface area contributed by atoms with Crippen molar-refractivity contribution in [2.75, 3.05) is 11.4 Å². The van der Waals surface area contributed by atoms with Crippen molar-refractivity contribution in [3.8, 4) is 0 Å². The summed E-state index contributed by atoms with van der Waals surface area (Å²) in [5.74, 6) is 0.504. The minimum atomic E-state index is -0.0602. The monoisotopic (exact) mass is 203 g/mol. The Kier molecular flexibility index (Phi) is 2.17. The number of anilines is 1. The maximum absolute atomic E-state index is 9.83. The lowest BCUT2D eigenvalue weighted by atomic mass is 9.88. The van der Waals surface area contributed by atoms with Gasteiger partial charge in [-0.1, -0.05) is 18.2 Å². The van der Waals surface area contributed by atoms with E-state index < -0.39 is 0 Å². The topological polar surface area (TPSA) is 23.5 Å². The van der Waals surface area contributed by atoms with E-state index in [1.165, 1.54) is 12.1 Å². The maximum Gasteiger partial charge on any atom is 0.0586 e. The van der Waals surface area contributed by atoms with Gasteiger partial charge >= 0.3 is 0 Å². The molecule has 2 fully saturated rings. The van der Waals surface area contributed by atoms with Crippen molar-refractivity contribution in [3.05, 3.63) is 30.3 Å². The third-order valence-corrected chi connectivity index (χ3v) is 3.87. The summed E-state index contributed by atoms with van der Waals surface area (Å²) < 4.78 is 0. The van der Waals surface area contributed by atoms with Crippen molar-refractivity contribution < 1.29 is 5.11 Å². The Morgan fingerprint density at radius 3 is 2.67 bits per heavy atom. The molecule has 1 heterocycles. The SMILES string of the molecule is OC1CCC2CC1CN2c1ccccc1. The van der Waals surface area contributed by atoms with Crippen LogP contribution in [0.25, 0.3) is 0 Å². The van der Waals surface area contributed by atoms with Crippen molar-refractivity contribution >= 4 is 5.69 Å². The first-order valence-corrected chi connectivity index (χ1v) is 5.84. The zero-order valence-corrected chi connectivity index (χ0v) is 8.84. The highest BCUT2D eigenvalue weighted by Gasteiger charge is 2.39. The van der Waals surface area contributed by atoms with Crippen LogP contribution >= 0.6 is 0 Å². The highest BCUT2D eigenvalue weighted by molar-refractivity contribution is 5.48. The average Bonchev–Trinajstić information content (AvgIpc) is 2.65. The third kappa shape index (κ3) is 1.53. The van der Waals surface area contributed by atoms with Gasteiger partial charge in [0.05, 0.1) is 6.10 Å². The van der Waals surface area contributed by atoms with Gasteiger partial charge in [0.1, 0.15) is 0 Å². The Morgan fingerprint density at radius 1 is 1.13 bits per heavy atom. The number of aliphatic hydroxyl groups excluding tert-OH is 1. The Morgan fingerprint density at radius 2 is 1.93 bits per heavy atom. The first-order valence-electron chi connectivity index (χ1n) is 5.84. The van der Waals surface area contributed by atoms with Crippen molar-refractivity contribution in [1.82, 2.24) is 0 Å². The summed E-state index contributed by atoms with van der Waals surface area (Å²) >= 11 is 0. The Bertz CT molecular complexity index is 338. The number of benzene rings is 1. The van der Waals surface area contributed by atoms with Crippen LogP contribution in [0.3, 0.4) is 0 Å². The molecule has 0 aromatic heterocycles. The van der Waals surface area contributed by atoms with Gasteiger partial charge in [-0.3, -0.25) is 0 Å². The van der Waals surface area contributed by atoms with Crippen molar-refractivity contribution in [3.63, 3.8) is 0 Å². The number of hydrogen-bond acceptors (Lipinski definition) is 2. The molecule has 1 aromatic rings. The second-order valence-electron chi connectivity index (χ2n) is 4.78. The summed E-state index contributed by atoms with van der Waals surface area (Å²) in [6, 6.07) is 11.3. The van der Waals surface area contributed by atoms with Crippen molar-refractivity contribution in [2.24, 2.45) is 5.92 Å². The Labute approximate surface area is 90.5 Å². The summed E-state index contributed by atoms with van der Waals surface area (Å²) in [5, 5.41) is 9.83. The predicted molar refractivity (Wildman–Crippen MR) is 60.9 cm³/mol. The van der Waals surface area contributed by atoms with E-state index in [0.717, 1.165) is 19.4 Å². The highest BCUT2D eigenvalue weighted by atomic mass is 16.3. The van der Waals surface area contributed by atoms with Crippen LogP contribution < -0.4 is 4.90 Å². The molecule has 2 heteroatoms. The molecule has 0 amide bonds. The molecular formula is C13H17NO. The van der Waals surface area contributed by atoms with E-state index in [9.17, 15) is 5.11 Å². The smallest absolute Gasteiger partial charge is 0.0586 e. The molecule has 2 nitrogen and oxygen atoms in total. The first-order chi connectivity index (χ1) is 7.34. The highest BCUT2D eigenvalue weighted by Crippen LogP contribution is 2.38. The molecule has 0 radical (unpaired) electrons. The number of rotatable bonds is 1. The maximum atomic E-state index is 9.83. The van der Waals surface area contributed by atoms with Gasteiger partial charge < -0.3 is 10.0 Å². The molecule has 1 saturated heterocycles. The van der Waals surface area contributed by atoms with Crippen LogP contribution in [0.1, 0.15) is 19.3 Å². The second kappa shape index (κ2) is 3.53. The predicted octanol–water partition coefficient (Wildman–Crippen LogP) is 2.04. The normalized spacial score (nSPS) is 34.5. The number of para-hydroxylation sites is 1. The number of aliphatic hydroxyl groups is 1. The van der Waals surface area contributed by atoms with Gasteiger partial charge in [-0.15, -0.1) is 0 Å². The van der Waals surface area contributed by atoms with Gasteiger partial charge in [-0.25, -0.2) is 0 Å². The lowest BCUT2D eigenvalue weighted by Gasteiger charge is -2.27. The van der Waals surface area contributed by atoms with Crippen LogP contribution in [0.4, 0.5) is 5.69 Å². The molecule has 15 heavy (non-hydrogen) atoms. The average molecular weight is 203 g/mol. The van der Waals surface area contributed by atoms with Gasteiger partial charge in [0.25, 0.3) is 0 Å². The van der Waals surface area contributed by atoms with Crippen LogP contribution in [0.5, 0.6) is 0 Å². The minimum Gasteiger partial charge on any atom is -0.393 e. The van der Waals surface area contributed by atoms with E-state index in [0.29, 0.717) is 12.0 Å². The quantitative estimate of drug-likeness (QED) is 0.755. The molecule has 3 atom stereocenters. The molecule has 1 N–H and O–H groups in total. The Balaban J connectivity index is 1.85. The zero-order chi connectivity index (χ0) is 10.3. The molecule has 1 aliphatic heterocycles. The summed E-state index contributed by atoms with van der Waals surface area (Å²) in [6.45, 7) is 1.04. The summed E-state index contributed by atoms with van der Waals surface area (Å²) in [4.78, 5) is 2.47. The lowest BCUT2D eigenvalue weighted by molar-refractivity contribution is 0.0896. The lowest BCUT2D eigenvalue weighted by Crippen LogP contribution is -2.29. The second-order valence-corrected chi connectivity index (χ2v) is 4.78. The molecular weight excluding hydrogens is 186 g/mol. The van der Waals surface area contributed by atoms with E-state index in [4.69, 9.17) is 0 Å². The largest absolute Gasteiger partial charge is 0.393 e. The van der Waals surface area contributed by atoms with Crippen LogP contribution in [0.15, 0.2) is 30.3 Å². The van der Waals surface area contributed by atoms with Crippen LogP contribution in [-0.4, -0.2) is 23.8 Å². The van der Waals surface area contributed by atoms with Gasteiger partial charge in [0, 0.05) is 24.2 Å². The van der Waals surface area contributed by atoms with E-state index in [2.05, 4.69) is 35.2 Å². The van der Waals surface area contributed by atoms with Crippen LogP contribution in [0, 0.1) is 5.92 Å². The summed E-state index contributed by atoms with van der Waals surface area (Å²) in [7, 11) is 0. The molecule has 3 rings (SSSR count). The van der Waals surface area contributed by atoms with Crippen LogP contribution in [-0.2, 0) is 0 Å². The van der Waals surface area contributed by atoms with E-state index in [1.807, 2.05) is 0 Å². The van der Waals surface area contributed by atoms with Gasteiger partial charge in [-0.2, -0.15) is 0 Å². The molecule has 1 aromatic carbocycles. The first kappa shape index (κ1) is 9.22.